The summed E-state index contributed by atoms with van der Waals surface area (Å²) in [7, 11) is 0. The molecule has 0 bridgehead atoms. The van der Waals surface area contributed by atoms with Crippen LogP contribution in [0, 0.1) is 17.3 Å². The highest BCUT2D eigenvalue weighted by Gasteiger charge is 2.57. The molecule has 0 radical (unpaired) electrons. The molecule has 2 rings (SSSR count). The average molecular weight is 252 g/mol. The summed E-state index contributed by atoms with van der Waals surface area (Å²) in [5.41, 5.74) is 0.366. The van der Waals surface area contributed by atoms with Gasteiger partial charge in [-0.25, -0.2) is 0 Å². The Balaban J connectivity index is 1.76. The lowest BCUT2D eigenvalue weighted by Crippen LogP contribution is -2.38. The van der Waals surface area contributed by atoms with Crippen molar-refractivity contribution < 1.29 is 4.79 Å². The van der Waals surface area contributed by atoms with E-state index >= 15 is 0 Å². The van der Waals surface area contributed by atoms with E-state index in [1.54, 1.807) is 0 Å². The van der Waals surface area contributed by atoms with E-state index in [4.69, 9.17) is 0 Å². The Morgan fingerprint density at radius 2 is 2.06 bits per heavy atom. The zero-order chi connectivity index (χ0) is 13.2. The minimum Gasteiger partial charge on any atom is -0.353 e. The van der Waals surface area contributed by atoms with Gasteiger partial charge in [-0.05, 0) is 57.0 Å². The Morgan fingerprint density at radius 3 is 2.67 bits per heavy atom. The van der Waals surface area contributed by atoms with Crippen LogP contribution >= 0.6 is 0 Å². The van der Waals surface area contributed by atoms with Gasteiger partial charge in [-0.2, -0.15) is 0 Å². The van der Waals surface area contributed by atoms with E-state index < -0.39 is 0 Å². The van der Waals surface area contributed by atoms with Gasteiger partial charge in [0.05, 0.1) is 0 Å². The minimum atomic E-state index is 0.305. The second-order valence-electron chi connectivity index (χ2n) is 6.53. The van der Waals surface area contributed by atoms with E-state index in [-0.39, 0.29) is 0 Å². The molecule has 1 saturated heterocycles. The first kappa shape index (κ1) is 13.9. The molecule has 1 heterocycles. The largest absolute Gasteiger partial charge is 0.353 e. The number of hydrogen-bond donors (Lipinski definition) is 2. The predicted molar refractivity (Wildman–Crippen MR) is 74.3 cm³/mol. The lowest BCUT2D eigenvalue weighted by Gasteiger charge is -2.24. The molecule has 0 aromatic carbocycles. The van der Waals surface area contributed by atoms with Crippen LogP contribution in [0.3, 0.4) is 0 Å². The summed E-state index contributed by atoms with van der Waals surface area (Å²) in [6.07, 6.45) is 5.79. The smallest absolute Gasteiger partial charge is 0.223 e. The molecule has 18 heavy (non-hydrogen) atoms. The van der Waals surface area contributed by atoms with Gasteiger partial charge >= 0.3 is 0 Å². The first-order valence-corrected chi connectivity index (χ1v) is 7.58. The van der Waals surface area contributed by atoms with Crippen LogP contribution in [-0.2, 0) is 4.79 Å². The van der Waals surface area contributed by atoms with Gasteiger partial charge in [0.1, 0.15) is 0 Å². The number of piperidine rings is 1. The first-order chi connectivity index (χ1) is 8.57. The molecular formula is C15H28N2O. The van der Waals surface area contributed by atoms with Crippen LogP contribution in [0.4, 0.5) is 0 Å². The summed E-state index contributed by atoms with van der Waals surface area (Å²) in [5.74, 6) is 1.32. The fourth-order valence-electron chi connectivity index (χ4n) is 3.37. The summed E-state index contributed by atoms with van der Waals surface area (Å²) >= 11 is 0. The summed E-state index contributed by atoms with van der Waals surface area (Å²) in [6, 6.07) is 0.326. The fourth-order valence-corrected chi connectivity index (χ4v) is 3.37. The van der Waals surface area contributed by atoms with E-state index in [1.165, 1.54) is 19.3 Å². The van der Waals surface area contributed by atoms with Crippen molar-refractivity contribution in [3.8, 4) is 0 Å². The van der Waals surface area contributed by atoms with Gasteiger partial charge in [0.2, 0.25) is 5.91 Å². The Labute approximate surface area is 111 Å². The molecule has 1 amide bonds. The van der Waals surface area contributed by atoms with Crippen LogP contribution in [-0.4, -0.2) is 25.0 Å². The third kappa shape index (κ3) is 3.05. The third-order valence-electron chi connectivity index (χ3n) is 4.95. The Morgan fingerprint density at radius 1 is 1.39 bits per heavy atom. The molecular weight excluding hydrogens is 224 g/mol. The minimum absolute atomic E-state index is 0.305. The molecule has 3 unspecified atom stereocenters. The lowest BCUT2D eigenvalue weighted by atomic mass is 9.91. The van der Waals surface area contributed by atoms with Crippen LogP contribution in [0.1, 0.15) is 52.9 Å². The highest BCUT2D eigenvalue weighted by molar-refractivity contribution is 5.82. The molecule has 1 saturated carbocycles. The Kier molecular flexibility index (Phi) is 4.31. The standard InChI is InChI=1S/C15H28N2O/c1-4-11(2)9-12(3)17-14(18)13-10-15(13)5-7-16-8-6-15/h11-13,16H,4-10H2,1-3H3,(H,17,18). The normalized spacial score (nSPS) is 28.7. The van der Waals surface area contributed by atoms with Crippen molar-refractivity contribution >= 4 is 5.91 Å². The van der Waals surface area contributed by atoms with E-state index in [0.717, 1.165) is 25.9 Å². The SMILES string of the molecule is CCC(C)CC(C)NC(=O)C1CC12CCNCC2. The molecule has 3 atom stereocenters. The molecule has 0 aromatic heterocycles. The molecule has 2 N–H and O–H groups in total. The number of rotatable bonds is 5. The topological polar surface area (TPSA) is 41.1 Å². The Bertz CT molecular complexity index is 297. The summed E-state index contributed by atoms with van der Waals surface area (Å²) in [6.45, 7) is 8.79. The third-order valence-corrected chi connectivity index (χ3v) is 4.95. The van der Waals surface area contributed by atoms with Gasteiger partial charge in [-0.3, -0.25) is 4.79 Å². The van der Waals surface area contributed by atoms with E-state index in [0.29, 0.717) is 29.2 Å². The highest BCUT2D eigenvalue weighted by atomic mass is 16.2. The van der Waals surface area contributed by atoms with Gasteiger partial charge in [0, 0.05) is 12.0 Å². The molecule has 1 aliphatic heterocycles. The molecule has 104 valence electrons. The molecule has 1 aliphatic carbocycles. The van der Waals surface area contributed by atoms with Crippen molar-refractivity contribution in [3.05, 3.63) is 0 Å². The van der Waals surface area contributed by atoms with E-state index in [1.807, 2.05) is 0 Å². The Hall–Kier alpha value is -0.570. The van der Waals surface area contributed by atoms with Gasteiger partial charge in [-0.15, -0.1) is 0 Å². The van der Waals surface area contributed by atoms with Crippen LogP contribution in [0.25, 0.3) is 0 Å². The summed E-state index contributed by atoms with van der Waals surface area (Å²) < 4.78 is 0. The zero-order valence-corrected chi connectivity index (χ0v) is 12.1. The quantitative estimate of drug-likeness (QED) is 0.788. The number of hydrogen-bond acceptors (Lipinski definition) is 2. The number of nitrogens with one attached hydrogen (secondary N) is 2. The monoisotopic (exact) mass is 252 g/mol. The van der Waals surface area contributed by atoms with Gasteiger partial charge < -0.3 is 10.6 Å². The molecule has 1 spiro atoms. The van der Waals surface area contributed by atoms with Gasteiger partial charge in [0.15, 0.2) is 0 Å². The molecule has 2 fully saturated rings. The molecule has 3 heteroatoms. The van der Waals surface area contributed by atoms with E-state index in [9.17, 15) is 4.79 Å². The summed E-state index contributed by atoms with van der Waals surface area (Å²) in [4.78, 5) is 12.2. The molecule has 2 aliphatic rings. The van der Waals surface area contributed by atoms with Crippen LogP contribution in [0.2, 0.25) is 0 Å². The average Bonchev–Trinajstić information content (AvgIpc) is 3.03. The van der Waals surface area contributed by atoms with Crippen molar-refractivity contribution in [1.29, 1.82) is 0 Å². The van der Waals surface area contributed by atoms with Crippen molar-refractivity contribution in [1.82, 2.24) is 10.6 Å². The van der Waals surface area contributed by atoms with Gasteiger partial charge in [0.25, 0.3) is 0 Å². The van der Waals surface area contributed by atoms with Crippen LogP contribution in [0.5, 0.6) is 0 Å². The van der Waals surface area contributed by atoms with Gasteiger partial charge in [-0.1, -0.05) is 20.3 Å². The van der Waals surface area contributed by atoms with Crippen LogP contribution in [0.15, 0.2) is 0 Å². The maximum Gasteiger partial charge on any atom is 0.223 e. The number of amides is 1. The summed E-state index contributed by atoms with van der Waals surface area (Å²) in [5, 5.41) is 6.60. The molecule has 3 nitrogen and oxygen atoms in total. The maximum absolute atomic E-state index is 12.2. The fraction of sp³-hybridized carbons (Fsp3) is 0.933. The first-order valence-electron chi connectivity index (χ1n) is 7.58. The second-order valence-corrected chi connectivity index (χ2v) is 6.53. The van der Waals surface area contributed by atoms with Crippen molar-refractivity contribution in [3.63, 3.8) is 0 Å². The van der Waals surface area contributed by atoms with Crippen LogP contribution < -0.4 is 10.6 Å². The van der Waals surface area contributed by atoms with Crippen molar-refractivity contribution in [2.75, 3.05) is 13.1 Å². The predicted octanol–water partition coefficient (Wildman–Crippen LogP) is 2.32. The van der Waals surface area contributed by atoms with Crippen molar-refractivity contribution in [2.24, 2.45) is 17.3 Å². The molecule has 0 aromatic rings. The van der Waals surface area contributed by atoms with E-state index in [2.05, 4.69) is 31.4 Å². The maximum atomic E-state index is 12.2. The highest BCUT2D eigenvalue weighted by Crippen LogP contribution is 2.58. The van der Waals surface area contributed by atoms with Crippen molar-refractivity contribution in [2.45, 2.75) is 58.9 Å². The zero-order valence-electron chi connectivity index (χ0n) is 12.1. The number of carbonyl (C=O) groups is 1. The second kappa shape index (κ2) is 5.60. The lowest BCUT2D eigenvalue weighted by molar-refractivity contribution is -0.124. The number of carbonyl (C=O) groups excluding carboxylic acids is 1.